The highest BCUT2D eigenvalue weighted by molar-refractivity contribution is 4.85. The molecule has 0 aliphatic carbocycles. The standard InChI is InChI=1S/C8H14O2/c1-2-5-8(10)6-3-4-7-9/h2-4,8-10H,1,5-7H2/b4-3+. The number of rotatable bonds is 5. The predicted molar refractivity (Wildman–Crippen MR) is 41.7 cm³/mol. The molecule has 0 amide bonds. The summed E-state index contributed by atoms with van der Waals surface area (Å²) in [4.78, 5) is 0. The second-order valence-electron chi connectivity index (χ2n) is 2.07. The zero-order valence-corrected chi connectivity index (χ0v) is 6.03. The molecule has 2 nitrogen and oxygen atoms in total. The molecule has 0 heterocycles. The highest BCUT2D eigenvalue weighted by Gasteiger charge is 1.95. The number of hydrogen-bond donors (Lipinski definition) is 2. The SMILES string of the molecule is C=CCC(O)C/C=C/CO. The van der Waals surface area contributed by atoms with Crippen LogP contribution < -0.4 is 0 Å². The Morgan fingerprint density at radius 3 is 2.50 bits per heavy atom. The molecule has 0 radical (unpaired) electrons. The fraction of sp³-hybridized carbons (Fsp3) is 0.500. The lowest BCUT2D eigenvalue weighted by molar-refractivity contribution is 0.181. The van der Waals surface area contributed by atoms with E-state index in [1.165, 1.54) is 0 Å². The van der Waals surface area contributed by atoms with Crippen LogP contribution in [0.25, 0.3) is 0 Å². The Kier molecular flexibility index (Phi) is 6.13. The van der Waals surface area contributed by atoms with E-state index < -0.39 is 0 Å². The fourth-order valence-electron chi connectivity index (χ4n) is 0.616. The van der Waals surface area contributed by atoms with Crippen molar-refractivity contribution in [3.05, 3.63) is 24.8 Å². The van der Waals surface area contributed by atoms with Crippen molar-refractivity contribution in [1.29, 1.82) is 0 Å². The molecule has 0 aromatic carbocycles. The average molecular weight is 142 g/mol. The smallest absolute Gasteiger partial charge is 0.0612 e. The van der Waals surface area contributed by atoms with Crippen molar-refractivity contribution in [3.63, 3.8) is 0 Å². The Morgan fingerprint density at radius 2 is 2.00 bits per heavy atom. The molecule has 0 aromatic rings. The van der Waals surface area contributed by atoms with Crippen LogP contribution >= 0.6 is 0 Å². The van der Waals surface area contributed by atoms with Crippen molar-refractivity contribution in [3.8, 4) is 0 Å². The molecular formula is C8H14O2. The van der Waals surface area contributed by atoms with Crippen LogP contribution in [0, 0.1) is 0 Å². The summed E-state index contributed by atoms with van der Waals surface area (Å²) in [6, 6.07) is 0. The lowest BCUT2D eigenvalue weighted by atomic mass is 10.2. The van der Waals surface area contributed by atoms with E-state index in [2.05, 4.69) is 6.58 Å². The molecule has 0 aliphatic rings. The quantitative estimate of drug-likeness (QED) is 0.559. The first-order valence-corrected chi connectivity index (χ1v) is 3.36. The molecule has 58 valence electrons. The second kappa shape index (κ2) is 6.52. The van der Waals surface area contributed by atoms with Gasteiger partial charge in [0.05, 0.1) is 12.7 Å². The van der Waals surface area contributed by atoms with Gasteiger partial charge in [-0.1, -0.05) is 18.2 Å². The molecule has 0 aliphatic heterocycles. The summed E-state index contributed by atoms with van der Waals surface area (Å²) in [5.41, 5.74) is 0. The summed E-state index contributed by atoms with van der Waals surface area (Å²) >= 11 is 0. The Balaban J connectivity index is 3.28. The molecule has 0 rings (SSSR count). The predicted octanol–water partition coefficient (Wildman–Crippen LogP) is 0.862. The van der Waals surface area contributed by atoms with Crippen molar-refractivity contribution < 1.29 is 10.2 Å². The van der Waals surface area contributed by atoms with Gasteiger partial charge in [-0.2, -0.15) is 0 Å². The number of hydrogen-bond acceptors (Lipinski definition) is 2. The summed E-state index contributed by atoms with van der Waals surface area (Å²) in [6.45, 7) is 3.54. The zero-order chi connectivity index (χ0) is 7.82. The van der Waals surface area contributed by atoms with Crippen molar-refractivity contribution in [2.75, 3.05) is 6.61 Å². The van der Waals surface area contributed by atoms with Crippen LogP contribution in [0.4, 0.5) is 0 Å². The van der Waals surface area contributed by atoms with Gasteiger partial charge in [-0.25, -0.2) is 0 Å². The molecular weight excluding hydrogens is 128 g/mol. The van der Waals surface area contributed by atoms with Crippen LogP contribution in [0.5, 0.6) is 0 Å². The lowest BCUT2D eigenvalue weighted by Crippen LogP contribution is -2.01. The van der Waals surface area contributed by atoms with E-state index in [1.54, 1.807) is 18.2 Å². The normalized spacial score (nSPS) is 13.8. The lowest BCUT2D eigenvalue weighted by Gasteiger charge is -2.01. The topological polar surface area (TPSA) is 40.5 Å². The van der Waals surface area contributed by atoms with Gasteiger partial charge in [0.2, 0.25) is 0 Å². The summed E-state index contributed by atoms with van der Waals surface area (Å²) in [6.07, 6.45) is 5.90. The Morgan fingerprint density at radius 1 is 1.30 bits per heavy atom. The molecule has 2 heteroatoms. The first kappa shape index (κ1) is 9.40. The van der Waals surface area contributed by atoms with E-state index in [1.807, 2.05) is 0 Å². The molecule has 0 saturated heterocycles. The second-order valence-corrected chi connectivity index (χ2v) is 2.07. The number of aliphatic hydroxyl groups is 2. The summed E-state index contributed by atoms with van der Waals surface area (Å²) in [5, 5.41) is 17.4. The van der Waals surface area contributed by atoms with Crippen molar-refractivity contribution in [1.82, 2.24) is 0 Å². The fourth-order valence-corrected chi connectivity index (χ4v) is 0.616. The molecule has 10 heavy (non-hydrogen) atoms. The minimum Gasteiger partial charge on any atom is -0.392 e. The van der Waals surface area contributed by atoms with Crippen LogP contribution in [0.15, 0.2) is 24.8 Å². The molecule has 0 saturated carbocycles. The first-order chi connectivity index (χ1) is 4.81. The Labute approximate surface area is 61.5 Å². The Bertz CT molecular complexity index is 108. The maximum Gasteiger partial charge on any atom is 0.0612 e. The van der Waals surface area contributed by atoms with E-state index in [0.717, 1.165) is 0 Å². The van der Waals surface area contributed by atoms with Gasteiger partial charge in [0.25, 0.3) is 0 Å². The van der Waals surface area contributed by atoms with Crippen LogP contribution in [-0.2, 0) is 0 Å². The van der Waals surface area contributed by atoms with Crippen LogP contribution in [0.1, 0.15) is 12.8 Å². The molecule has 0 spiro atoms. The van der Waals surface area contributed by atoms with Crippen molar-refractivity contribution >= 4 is 0 Å². The van der Waals surface area contributed by atoms with E-state index >= 15 is 0 Å². The summed E-state index contributed by atoms with van der Waals surface area (Å²) in [7, 11) is 0. The van der Waals surface area contributed by atoms with E-state index in [0.29, 0.717) is 12.8 Å². The first-order valence-electron chi connectivity index (χ1n) is 3.36. The van der Waals surface area contributed by atoms with Gasteiger partial charge in [-0.15, -0.1) is 6.58 Å². The van der Waals surface area contributed by atoms with Gasteiger partial charge in [0.1, 0.15) is 0 Å². The molecule has 0 fully saturated rings. The minimum atomic E-state index is -0.347. The monoisotopic (exact) mass is 142 g/mol. The van der Waals surface area contributed by atoms with Crippen molar-refractivity contribution in [2.24, 2.45) is 0 Å². The third kappa shape index (κ3) is 5.54. The molecule has 0 bridgehead atoms. The highest BCUT2D eigenvalue weighted by Crippen LogP contribution is 1.98. The maximum absolute atomic E-state index is 9.07. The van der Waals surface area contributed by atoms with E-state index in [9.17, 15) is 0 Å². The summed E-state index contributed by atoms with van der Waals surface area (Å²) < 4.78 is 0. The molecule has 2 N–H and O–H groups in total. The third-order valence-corrected chi connectivity index (χ3v) is 1.12. The number of aliphatic hydroxyl groups excluding tert-OH is 2. The van der Waals surface area contributed by atoms with E-state index in [4.69, 9.17) is 10.2 Å². The van der Waals surface area contributed by atoms with Gasteiger partial charge in [0.15, 0.2) is 0 Å². The van der Waals surface area contributed by atoms with Crippen molar-refractivity contribution in [2.45, 2.75) is 18.9 Å². The summed E-state index contributed by atoms with van der Waals surface area (Å²) in [5.74, 6) is 0. The minimum absolute atomic E-state index is 0.0425. The van der Waals surface area contributed by atoms with Gasteiger partial charge < -0.3 is 10.2 Å². The Hall–Kier alpha value is -0.600. The van der Waals surface area contributed by atoms with Gasteiger partial charge >= 0.3 is 0 Å². The molecule has 1 atom stereocenters. The van der Waals surface area contributed by atoms with Crippen LogP contribution in [0.2, 0.25) is 0 Å². The molecule has 1 unspecified atom stereocenters. The third-order valence-electron chi connectivity index (χ3n) is 1.12. The largest absolute Gasteiger partial charge is 0.392 e. The van der Waals surface area contributed by atoms with Crippen LogP contribution in [-0.4, -0.2) is 22.9 Å². The van der Waals surface area contributed by atoms with Gasteiger partial charge in [-0.3, -0.25) is 0 Å². The van der Waals surface area contributed by atoms with Gasteiger partial charge in [0, 0.05) is 0 Å². The average Bonchev–Trinajstić information content (AvgIpc) is 1.89. The van der Waals surface area contributed by atoms with E-state index in [-0.39, 0.29) is 12.7 Å². The molecule has 0 aromatic heterocycles. The maximum atomic E-state index is 9.07. The van der Waals surface area contributed by atoms with Gasteiger partial charge in [-0.05, 0) is 12.8 Å². The highest BCUT2D eigenvalue weighted by atomic mass is 16.3. The zero-order valence-electron chi connectivity index (χ0n) is 6.03. The van der Waals surface area contributed by atoms with Crippen LogP contribution in [0.3, 0.4) is 0 Å².